The first-order valence-corrected chi connectivity index (χ1v) is 8.01. The topological polar surface area (TPSA) is 70.4 Å². The molecule has 1 aliphatic heterocycles. The van der Waals surface area contributed by atoms with Gasteiger partial charge in [-0.1, -0.05) is 11.6 Å². The predicted molar refractivity (Wildman–Crippen MR) is 74.9 cm³/mol. The first-order valence-electron chi connectivity index (χ1n) is 6.19. The maximum Gasteiger partial charge on any atom is 0.245 e. The van der Waals surface area contributed by atoms with Gasteiger partial charge in [0.2, 0.25) is 10.0 Å². The minimum atomic E-state index is -3.74. The zero-order valence-electron chi connectivity index (χ0n) is 11.2. The van der Waals surface area contributed by atoms with Crippen LogP contribution in [0.15, 0.2) is 23.1 Å². The third-order valence-electron chi connectivity index (χ3n) is 3.20. The Bertz CT molecular complexity index is 654. The van der Waals surface area contributed by atoms with Crippen LogP contribution in [0.5, 0.6) is 0 Å². The van der Waals surface area contributed by atoms with Gasteiger partial charge in [-0.15, -0.1) is 0 Å². The third kappa shape index (κ3) is 2.81. The second kappa shape index (κ2) is 5.70. The van der Waals surface area contributed by atoms with Gasteiger partial charge < -0.3 is 4.74 Å². The van der Waals surface area contributed by atoms with Crippen molar-refractivity contribution in [2.45, 2.75) is 30.9 Å². The SMILES string of the molecule is CC1CN(S(=O)(=O)c2cc(C#N)ccc2Cl)C(C)CO1. The van der Waals surface area contributed by atoms with Crippen molar-refractivity contribution in [1.82, 2.24) is 4.31 Å². The molecule has 20 heavy (non-hydrogen) atoms. The largest absolute Gasteiger partial charge is 0.375 e. The van der Waals surface area contributed by atoms with Crippen LogP contribution < -0.4 is 0 Å². The van der Waals surface area contributed by atoms with Crippen molar-refractivity contribution < 1.29 is 13.2 Å². The number of hydrogen-bond acceptors (Lipinski definition) is 4. The average Bonchev–Trinajstić information content (AvgIpc) is 2.41. The highest BCUT2D eigenvalue weighted by Gasteiger charge is 2.35. The first-order chi connectivity index (χ1) is 9.36. The summed E-state index contributed by atoms with van der Waals surface area (Å²) in [7, 11) is -3.74. The molecule has 1 saturated heterocycles. The van der Waals surface area contributed by atoms with Crippen LogP contribution in [0.4, 0.5) is 0 Å². The van der Waals surface area contributed by atoms with Crippen LogP contribution in [0.1, 0.15) is 19.4 Å². The smallest absolute Gasteiger partial charge is 0.245 e. The van der Waals surface area contributed by atoms with E-state index in [-0.39, 0.29) is 34.2 Å². The number of sulfonamides is 1. The van der Waals surface area contributed by atoms with E-state index in [4.69, 9.17) is 21.6 Å². The van der Waals surface area contributed by atoms with Crippen LogP contribution in [0, 0.1) is 11.3 Å². The molecule has 2 rings (SSSR count). The summed E-state index contributed by atoms with van der Waals surface area (Å²) in [5.74, 6) is 0. The van der Waals surface area contributed by atoms with Crippen LogP contribution >= 0.6 is 11.6 Å². The van der Waals surface area contributed by atoms with E-state index in [0.29, 0.717) is 6.61 Å². The second-order valence-electron chi connectivity index (χ2n) is 4.82. The maximum atomic E-state index is 12.7. The van der Waals surface area contributed by atoms with Gasteiger partial charge in [-0.3, -0.25) is 0 Å². The summed E-state index contributed by atoms with van der Waals surface area (Å²) in [4.78, 5) is -0.0285. The van der Waals surface area contributed by atoms with Crippen LogP contribution in [-0.2, 0) is 14.8 Å². The summed E-state index contributed by atoms with van der Waals surface area (Å²) in [6.45, 7) is 4.22. The molecule has 1 aliphatic rings. The van der Waals surface area contributed by atoms with Crippen molar-refractivity contribution in [2.75, 3.05) is 13.2 Å². The first kappa shape index (κ1) is 15.3. The molecule has 7 heteroatoms. The van der Waals surface area contributed by atoms with Gasteiger partial charge in [0.1, 0.15) is 4.90 Å². The highest BCUT2D eigenvalue weighted by Crippen LogP contribution is 2.28. The fourth-order valence-corrected chi connectivity index (χ4v) is 4.30. The Hall–Kier alpha value is -1.13. The van der Waals surface area contributed by atoms with E-state index in [2.05, 4.69) is 0 Å². The van der Waals surface area contributed by atoms with Gasteiger partial charge in [-0.25, -0.2) is 8.42 Å². The lowest BCUT2D eigenvalue weighted by molar-refractivity contribution is -0.0170. The number of nitriles is 1. The van der Waals surface area contributed by atoms with E-state index in [1.54, 1.807) is 6.92 Å². The van der Waals surface area contributed by atoms with E-state index in [9.17, 15) is 8.42 Å². The number of halogens is 1. The molecule has 0 amide bonds. The molecule has 1 fully saturated rings. The number of nitrogens with zero attached hydrogens (tertiary/aromatic N) is 2. The highest BCUT2D eigenvalue weighted by atomic mass is 35.5. The number of ether oxygens (including phenoxy) is 1. The molecule has 1 aromatic rings. The highest BCUT2D eigenvalue weighted by molar-refractivity contribution is 7.89. The number of benzene rings is 1. The van der Waals surface area contributed by atoms with E-state index in [1.165, 1.54) is 22.5 Å². The molecule has 5 nitrogen and oxygen atoms in total. The Morgan fingerprint density at radius 2 is 2.15 bits per heavy atom. The molecule has 0 radical (unpaired) electrons. The summed E-state index contributed by atoms with van der Waals surface area (Å²) in [6.07, 6.45) is -0.168. The summed E-state index contributed by atoms with van der Waals surface area (Å²) in [5.41, 5.74) is 0.266. The minimum absolute atomic E-state index is 0.0285. The lowest BCUT2D eigenvalue weighted by Gasteiger charge is -2.35. The van der Waals surface area contributed by atoms with Gasteiger partial charge in [0.05, 0.1) is 29.4 Å². The van der Waals surface area contributed by atoms with E-state index < -0.39 is 10.0 Å². The van der Waals surface area contributed by atoms with Crippen molar-refractivity contribution >= 4 is 21.6 Å². The molecule has 1 aromatic carbocycles. The Kier molecular flexibility index (Phi) is 4.35. The quantitative estimate of drug-likeness (QED) is 0.837. The van der Waals surface area contributed by atoms with Crippen LogP contribution in [0.25, 0.3) is 0 Å². The summed E-state index contributed by atoms with van der Waals surface area (Å²) in [5, 5.41) is 9.02. The molecule has 0 saturated carbocycles. The van der Waals surface area contributed by atoms with Gasteiger partial charge in [0.15, 0.2) is 0 Å². The molecule has 2 unspecified atom stereocenters. The number of hydrogen-bond donors (Lipinski definition) is 0. The van der Waals surface area contributed by atoms with E-state index >= 15 is 0 Å². The second-order valence-corrected chi connectivity index (χ2v) is 7.09. The molecule has 0 spiro atoms. The predicted octanol–water partition coefficient (Wildman–Crippen LogP) is 2.01. The van der Waals surface area contributed by atoms with Crippen molar-refractivity contribution in [3.8, 4) is 6.07 Å². The van der Waals surface area contributed by atoms with E-state index in [0.717, 1.165) is 0 Å². The van der Waals surface area contributed by atoms with Crippen molar-refractivity contribution in [3.63, 3.8) is 0 Å². The standard InChI is InChI=1S/C13H15ClN2O3S/c1-9-8-19-10(2)7-16(9)20(17,18)13-5-11(6-15)3-4-12(13)14/h3-5,9-10H,7-8H2,1-2H3. The lowest BCUT2D eigenvalue weighted by Crippen LogP contribution is -2.50. The Morgan fingerprint density at radius 3 is 2.80 bits per heavy atom. The monoisotopic (exact) mass is 314 g/mol. The van der Waals surface area contributed by atoms with Crippen molar-refractivity contribution in [1.29, 1.82) is 5.26 Å². The van der Waals surface area contributed by atoms with Gasteiger partial charge in [-0.2, -0.15) is 9.57 Å². The molecule has 2 atom stereocenters. The molecule has 1 heterocycles. The fourth-order valence-electron chi connectivity index (χ4n) is 2.10. The molecule has 0 aromatic heterocycles. The van der Waals surface area contributed by atoms with Gasteiger partial charge in [-0.05, 0) is 32.0 Å². The zero-order chi connectivity index (χ0) is 14.9. The molecular formula is C13H15ClN2O3S. The van der Waals surface area contributed by atoms with Crippen molar-refractivity contribution in [3.05, 3.63) is 28.8 Å². The van der Waals surface area contributed by atoms with Gasteiger partial charge in [0, 0.05) is 12.6 Å². The normalized spacial score (nSPS) is 24.3. The summed E-state index contributed by atoms with van der Waals surface area (Å²) >= 11 is 5.99. The fraction of sp³-hybridized carbons (Fsp3) is 0.462. The third-order valence-corrected chi connectivity index (χ3v) is 5.66. The Morgan fingerprint density at radius 1 is 1.45 bits per heavy atom. The zero-order valence-corrected chi connectivity index (χ0v) is 12.8. The van der Waals surface area contributed by atoms with Crippen LogP contribution in [0.2, 0.25) is 5.02 Å². The molecular weight excluding hydrogens is 300 g/mol. The molecule has 0 bridgehead atoms. The minimum Gasteiger partial charge on any atom is -0.375 e. The Labute approximate surface area is 123 Å². The number of morpholine rings is 1. The van der Waals surface area contributed by atoms with Crippen LogP contribution in [0.3, 0.4) is 0 Å². The molecule has 108 valence electrons. The van der Waals surface area contributed by atoms with Gasteiger partial charge in [0.25, 0.3) is 0 Å². The van der Waals surface area contributed by atoms with E-state index in [1.807, 2.05) is 13.0 Å². The molecule has 0 aliphatic carbocycles. The average molecular weight is 315 g/mol. The maximum absolute atomic E-state index is 12.7. The van der Waals surface area contributed by atoms with Crippen LogP contribution in [-0.4, -0.2) is 38.0 Å². The lowest BCUT2D eigenvalue weighted by atomic mass is 10.2. The van der Waals surface area contributed by atoms with Crippen molar-refractivity contribution in [2.24, 2.45) is 0 Å². The summed E-state index contributed by atoms with van der Waals surface area (Å²) in [6, 6.07) is 5.89. The molecule has 0 N–H and O–H groups in total. The van der Waals surface area contributed by atoms with Gasteiger partial charge >= 0.3 is 0 Å². The summed E-state index contributed by atoms with van der Waals surface area (Å²) < 4.78 is 32.2. The number of rotatable bonds is 2. The Balaban J connectivity index is 2.47.